The van der Waals surface area contributed by atoms with E-state index in [2.05, 4.69) is 6.08 Å². The van der Waals surface area contributed by atoms with Gasteiger partial charge in [0.2, 0.25) is 0 Å². The van der Waals surface area contributed by atoms with E-state index in [4.69, 9.17) is 14.2 Å². The molecule has 0 unspecified atom stereocenters. The van der Waals surface area contributed by atoms with Crippen molar-refractivity contribution >= 4 is 0 Å². The highest BCUT2D eigenvalue weighted by Crippen LogP contribution is 2.46. The number of ether oxygens (including phenoxy) is 3. The zero-order valence-electron chi connectivity index (χ0n) is 11.2. The Labute approximate surface area is 113 Å². The van der Waals surface area contributed by atoms with Crippen molar-refractivity contribution in [3.05, 3.63) is 47.5 Å². The first-order valence-electron chi connectivity index (χ1n) is 6.36. The predicted octanol–water partition coefficient (Wildman–Crippen LogP) is 1.49. The maximum atomic E-state index is 9.60. The molecule has 104 valence electrons. The molecule has 19 heavy (non-hydrogen) atoms. The predicted molar refractivity (Wildman–Crippen MR) is 71.9 cm³/mol. The van der Waals surface area contributed by atoms with Crippen LogP contribution in [-0.4, -0.2) is 45.4 Å². The first kappa shape index (κ1) is 14.2. The smallest absolute Gasteiger partial charge is 0.147 e. The lowest BCUT2D eigenvalue weighted by Gasteiger charge is -2.16. The lowest BCUT2D eigenvalue weighted by Crippen LogP contribution is -2.19. The van der Waals surface area contributed by atoms with Crippen molar-refractivity contribution in [3.63, 3.8) is 0 Å². The molecular formula is C15H20O4. The molecule has 1 aromatic carbocycles. The van der Waals surface area contributed by atoms with Gasteiger partial charge in [-0.2, -0.15) is 0 Å². The van der Waals surface area contributed by atoms with Gasteiger partial charge in [0.15, 0.2) is 0 Å². The molecule has 0 aliphatic heterocycles. The number of aliphatic hydroxyl groups is 1. The van der Waals surface area contributed by atoms with Gasteiger partial charge < -0.3 is 19.3 Å². The van der Waals surface area contributed by atoms with Crippen molar-refractivity contribution in [2.45, 2.75) is 5.41 Å². The minimum atomic E-state index is -0.312. The van der Waals surface area contributed by atoms with Crippen LogP contribution in [0.5, 0.6) is 0 Å². The highest BCUT2D eigenvalue weighted by Gasteiger charge is 2.44. The number of rotatable bonds is 9. The average molecular weight is 264 g/mol. The number of methoxy groups -OCH3 is 1. The van der Waals surface area contributed by atoms with E-state index in [-0.39, 0.29) is 18.8 Å². The number of benzene rings is 1. The molecule has 4 heteroatoms. The van der Waals surface area contributed by atoms with E-state index in [1.165, 1.54) is 0 Å². The van der Waals surface area contributed by atoms with Crippen molar-refractivity contribution in [1.29, 1.82) is 0 Å². The van der Waals surface area contributed by atoms with Crippen molar-refractivity contribution in [3.8, 4) is 0 Å². The van der Waals surface area contributed by atoms with Gasteiger partial charge in [0.05, 0.1) is 31.8 Å². The highest BCUT2D eigenvalue weighted by molar-refractivity contribution is 5.55. The summed E-state index contributed by atoms with van der Waals surface area (Å²) in [4.78, 5) is 0. The molecule has 2 rings (SSSR count). The standard InChI is InChI=1S/C15H20O4/c1-17-7-8-18-12-19-10-14-9-15(14,11-16)13-5-3-2-4-6-13/h2-6,9,16H,7-8,10-12H2,1H3/t15-/m0/s1. The first-order valence-corrected chi connectivity index (χ1v) is 6.36. The molecule has 0 fully saturated rings. The number of hydrogen-bond donors (Lipinski definition) is 1. The van der Waals surface area contributed by atoms with Gasteiger partial charge in [-0.1, -0.05) is 36.4 Å². The molecule has 1 aromatic rings. The van der Waals surface area contributed by atoms with Gasteiger partial charge in [0.1, 0.15) is 6.79 Å². The molecule has 1 aliphatic rings. The van der Waals surface area contributed by atoms with Gasteiger partial charge in [0.25, 0.3) is 0 Å². The monoisotopic (exact) mass is 264 g/mol. The molecule has 0 amide bonds. The number of hydrogen-bond acceptors (Lipinski definition) is 4. The lowest BCUT2D eigenvalue weighted by molar-refractivity contribution is -0.0591. The van der Waals surface area contributed by atoms with Crippen LogP contribution in [0.3, 0.4) is 0 Å². The SMILES string of the molecule is COCCOCOCC1=C[C@]1(CO)c1ccccc1. The van der Waals surface area contributed by atoms with E-state index in [1.807, 2.05) is 30.3 Å². The van der Waals surface area contributed by atoms with Gasteiger partial charge >= 0.3 is 0 Å². The Morgan fingerprint density at radius 1 is 1.11 bits per heavy atom. The molecule has 1 N–H and O–H groups in total. The molecule has 0 saturated heterocycles. The van der Waals surface area contributed by atoms with E-state index >= 15 is 0 Å². The highest BCUT2D eigenvalue weighted by atomic mass is 16.7. The molecule has 0 aromatic heterocycles. The van der Waals surface area contributed by atoms with E-state index in [9.17, 15) is 5.11 Å². The lowest BCUT2D eigenvalue weighted by atomic mass is 9.91. The summed E-state index contributed by atoms with van der Waals surface area (Å²) in [7, 11) is 1.63. The second kappa shape index (κ2) is 6.82. The first-order chi connectivity index (χ1) is 9.33. The normalized spacial score (nSPS) is 21.3. The fraction of sp³-hybridized carbons (Fsp3) is 0.467. The third-order valence-corrected chi connectivity index (χ3v) is 3.30. The van der Waals surface area contributed by atoms with E-state index < -0.39 is 0 Å². The fourth-order valence-electron chi connectivity index (χ4n) is 2.09. The van der Waals surface area contributed by atoms with E-state index in [0.717, 1.165) is 11.1 Å². The summed E-state index contributed by atoms with van der Waals surface area (Å²) in [5.41, 5.74) is 1.90. The zero-order chi connectivity index (χ0) is 13.6. The van der Waals surface area contributed by atoms with Crippen LogP contribution in [0.2, 0.25) is 0 Å². The molecule has 1 aliphatic carbocycles. The molecular weight excluding hydrogens is 244 g/mol. The summed E-state index contributed by atoms with van der Waals surface area (Å²) in [5, 5.41) is 9.60. The summed E-state index contributed by atoms with van der Waals surface area (Å²) in [5.74, 6) is 0. The molecule has 4 nitrogen and oxygen atoms in total. The second-order valence-electron chi connectivity index (χ2n) is 4.53. The van der Waals surface area contributed by atoms with Gasteiger partial charge in [-0.25, -0.2) is 0 Å². The summed E-state index contributed by atoms with van der Waals surface area (Å²) >= 11 is 0. The second-order valence-corrected chi connectivity index (χ2v) is 4.53. The van der Waals surface area contributed by atoms with Crippen LogP contribution in [-0.2, 0) is 19.6 Å². The maximum Gasteiger partial charge on any atom is 0.147 e. The van der Waals surface area contributed by atoms with Crippen LogP contribution in [0.15, 0.2) is 42.0 Å². The Bertz CT molecular complexity index is 415. The van der Waals surface area contributed by atoms with Crippen LogP contribution < -0.4 is 0 Å². The van der Waals surface area contributed by atoms with Gasteiger partial charge in [-0.3, -0.25) is 0 Å². The Kier molecular flexibility index (Phi) is 5.10. The van der Waals surface area contributed by atoms with Crippen molar-refractivity contribution < 1.29 is 19.3 Å². The van der Waals surface area contributed by atoms with Crippen molar-refractivity contribution in [2.75, 3.05) is 40.3 Å². The van der Waals surface area contributed by atoms with Crippen LogP contribution in [0.1, 0.15) is 5.56 Å². The molecule has 0 spiro atoms. The van der Waals surface area contributed by atoms with Gasteiger partial charge in [-0.15, -0.1) is 0 Å². The zero-order valence-corrected chi connectivity index (χ0v) is 11.2. The molecule has 0 saturated carbocycles. The number of aliphatic hydroxyl groups excluding tert-OH is 1. The van der Waals surface area contributed by atoms with Crippen molar-refractivity contribution in [2.24, 2.45) is 0 Å². The molecule has 0 bridgehead atoms. The average Bonchev–Trinajstić information content (AvgIpc) is 3.18. The third-order valence-electron chi connectivity index (χ3n) is 3.30. The molecule has 0 heterocycles. The molecule has 1 atom stereocenters. The topological polar surface area (TPSA) is 47.9 Å². The Hall–Kier alpha value is -1.20. The Morgan fingerprint density at radius 2 is 1.89 bits per heavy atom. The van der Waals surface area contributed by atoms with Crippen LogP contribution >= 0.6 is 0 Å². The van der Waals surface area contributed by atoms with Crippen LogP contribution in [0.25, 0.3) is 0 Å². The minimum absolute atomic E-state index is 0.0836. The maximum absolute atomic E-state index is 9.60. The summed E-state index contributed by atoms with van der Waals surface area (Å²) in [6, 6.07) is 9.97. The van der Waals surface area contributed by atoms with Crippen LogP contribution in [0.4, 0.5) is 0 Å². The Balaban J connectivity index is 1.73. The Morgan fingerprint density at radius 3 is 2.58 bits per heavy atom. The van der Waals surface area contributed by atoms with Gasteiger partial charge in [0, 0.05) is 7.11 Å². The van der Waals surface area contributed by atoms with E-state index in [1.54, 1.807) is 7.11 Å². The third kappa shape index (κ3) is 3.42. The fourth-order valence-corrected chi connectivity index (χ4v) is 2.09. The van der Waals surface area contributed by atoms with E-state index in [0.29, 0.717) is 19.8 Å². The summed E-state index contributed by atoms with van der Waals surface area (Å²) in [6.07, 6.45) is 2.05. The molecule has 0 radical (unpaired) electrons. The largest absolute Gasteiger partial charge is 0.395 e. The summed E-state index contributed by atoms with van der Waals surface area (Å²) in [6.45, 7) is 1.91. The van der Waals surface area contributed by atoms with Crippen molar-refractivity contribution in [1.82, 2.24) is 0 Å². The minimum Gasteiger partial charge on any atom is -0.395 e. The van der Waals surface area contributed by atoms with Gasteiger partial charge in [-0.05, 0) is 11.1 Å². The van der Waals surface area contributed by atoms with Crippen LogP contribution in [0, 0.1) is 0 Å². The summed E-state index contributed by atoms with van der Waals surface area (Å²) < 4.78 is 15.5. The quantitative estimate of drug-likeness (QED) is 0.417.